The van der Waals surface area contributed by atoms with E-state index in [2.05, 4.69) is 32.0 Å². The van der Waals surface area contributed by atoms with Gasteiger partial charge in [-0.25, -0.2) is 0 Å². The number of aryl methyl sites for hydroxylation is 1. The van der Waals surface area contributed by atoms with Crippen LogP contribution in [0.2, 0.25) is 0 Å². The molecule has 0 saturated carbocycles. The van der Waals surface area contributed by atoms with Gasteiger partial charge in [0.2, 0.25) is 0 Å². The summed E-state index contributed by atoms with van der Waals surface area (Å²) in [7, 11) is 0. The molecule has 0 aromatic heterocycles. The molecule has 60 valence electrons. The highest BCUT2D eigenvalue weighted by atomic mass is 14.6. The van der Waals surface area contributed by atoms with Crippen LogP contribution in [0.15, 0.2) is 18.2 Å². The van der Waals surface area contributed by atoms with Crippen molar-refractivity contribution in [2.24, 2.45) is 0 Å². The number of nitrogens with two attached hydrogens (primary N) is 1. The minimum Gasteiger partial charge on any atom is -0.399 e. The summed E-state index contributed by atoms with van der Waals surface area (Å²) in [5, 5.41) is 0. The summed E-state index contributed by atoms with van der Waals surface area (Å²) in [6.07, 6.45) is 0. The third-order valence-corrected chi connectivity index (χ3v) is 1.97. The number of rotatable bonds is 1. The van der Waals surface area contributed by atoms with Crippen LogP contribution in [0.25, 0.3) is 0 Å². The zero-order valence-corrected chi connectivity index (χ0v) is 7.39. The lowest BCUT2D eigenvalue weighted by atomic mass is 10.0. The fraction of sp³-hybridized carbons (Fsp3) is 0.400. The van der Waals surface area contributed by atoms with Gasteiger partial charge in [-0.05, 0) is 30.0 Å². The quantitative estimate of drug-likeness (QED) is 0.610. The standard InChI is InChI=1S/C10H15N/c1-7(2)9-5-4-8(3)10(11)6-9/h4-7H,11H2,1-3H3. The van der Waals surface area contributed by atoms with Crippen molar-refractivity contribution in [2.75, 3.05) is 5.73 Å². The van der Waals surface area contributed by atoms with E-state index in [9.17, 15) is 0 Å². The van der Waals surface area contributed by atoms with Gasteiger partial charge in [0.15, 0.2) is 0 Å². The lowest BCUT2D eigenvalue weighted by molar-refractivity contribution is 0.866. The molecule has 0 bridgehead atoms. The highest BCUT2D eigenvalue weighted by Gasteiger charge is 1.99. The highest BCUT2D eigenvalue weighted by molar-refractivity contribution is 5.48. The Hall–Kier alpha value is -0.980. The summed E-state index contributed by atoms with van der Waals surface area (Å²) in [6.45, 7) is 6.37. The van der Waals surface area contributed by atoms with Gasteiger partial charge in [-0.3, -0.25) is 0 Å². The van der Waals surface area contributed by atoms with Crippen LogP contribution in [0.5, 0.6) is 0 Å². The summed E-state index contributed by atoms with van der Waals surface area (Å²) in [5.41, 5.74) is 9.13. The fourth-order valence-corrected chi connectivity index (χ4v) is 1.02. The van der Waals surface area contributed by atoms with Gasteiger partial charge in [-0.15, -0.1) is 0 Å². The van der Waals surface area contributed by atoms with E-state index in [0.29, 0.717) is 5.92 Å². The maximum Gasteiger partial charge on any atom is 0.0346 e. The van der Waals surface area contributed by atoms with Gasteiger partial charge in [0, 0.05) is 5.69 Å². The molecule has 1 heteroatoms. The minimum absolute atomic E-state index is 0.567. The molecule has 2 N–H and O–H groups in total. The summed E-state index contributed by atoms with van der Waals surface area (Å²) in [6, 6.07) is 6.26. The first-order valence-electron chi connectivity index (χ1n) is 3.97. The monoisotopic (exact) mass is 149 g/mol. The van der Waals surface area contributed by atoms with E-state index in [1.807, 2.05) is 6.92 Å². The summed E-state index contributed by atoms with van der Waals surface area (Å²) < 4.78 is 0. The Balaban J connectivity index is 3.05. The van der Waals surface area contributed by atoms with E-state index < -0.39 is 0 Å². The van der Waals surface area contributed by atoms with Crippen LogP contribution in [0.1, 0.15) is 30.9 Å². The van der Waals surface area contributed by atoms with Crippen molar-refractivity contribution < 1.29 is 0 Å². The Morgan fingerprint density at radius 2 is 1.91 bits per heavy atom. The predicted molar refractivity (Wildman–Crippen MR) is 49.7 cm³/mol. The van der Waals surface area contributed by atoms with Crippen LogP contribution in [-0.2, 0) is 0 Å². The zero-order chi connectivity index (χ0) is 8.43. The van der Waals surface area contributed by atoms with Crippen molar-refractivity contribution >= 4 is 5.69 Å². The second-order valence-electron chi connectivity index (χ2n) is 3.27. The number of nitrogen functional groups attached to an aromatic ring is 1. The Morgan fingerprint density at radius 1 is 1.27 bits per heavy atom. The van der Waals surface area contributed by atoms with Crippen molar-refractivity contribution in [1.29, 1.82) is 0 Å². The molecule has 0 aliphatic heterocycles. The zero-order valence-electron chi connectivity index (χ0n) is 7.39. The molecular weight excluding hydrogens is 134 g/mol. The molecule has 1 aromatic carbocycles. The summed E-state index contributed by atoms with van der Waals surface area (Å²) in [5.74, 6) is 0.567. The van der Waals surface area contributed by atoms with E-state index in [0.717, 1.165) is 11.3 Å². The molecule has 0 radical (unpaired) electrons. The smallest absolute Gasteiger partial charge is 0.0346 e. The SMILES string of the molecule is Cc1ccc(C(C)C)cc1N. The van der Waals surface area contributed by atoms with Gasteiger partial charge in [-0.1, -0.05) is 26.0 Å². The number of hydrogen-bond acceptors (Lipinski definition) is 1. The van der Waals surface area contributed by atoms with E-state index in [-0.39, 0.29) is 0 Å². The number of benzene rings is 1. The van der Waals surface area contributed by atoms with Crippen molar-refractivity contribution in [2.45, 2.75) is 26.7 Å². The minimum atomic E-state index is 0.567. The Labute approximate surface area is 68.2 Å². The van der Waals surface area contributed by atoms with Crippen LogP contribution in [0, 0.1) is 6.92 Å². The maximum atomic E-state index is 5.76. The van der Waals surface area contributed by atoms with Crippen LogP contribution >= 0.6 is 0 Å². The average Bonchev–Trinajstić information content (AvgIpc) is 1.94. The molecule has 1 aromatic rings. The average molecular weight is 149 g/mol. The molecule has 0 amide bonds. The molecule has 0 fully saturated rings. The Bertz CT molecular complexity index is 251. The maximum absolute atomic E-state index is 5.76. The molecule has 0 saturated heterocycles. The number of anilines is 1. The molecule has 11 heavy (non-hydrogen) atoms. The van der Waals surface area contributed by atoms with Gasteiger partial charge < -0.3 is 5.73 Å². The van der Waals surface area contributed by atoms with Gasteiger partial charge in [-0.2, -0.15) is 0 Å². The first-order valence-corrected chi connectivity index (χ1v) is 3.97. The second-order valence-corrected chi connectivity index (χ2v) is 3.27. The van der Waals surface area contributed by atoms with Crippen molar-refractivity contribution in [1.82, 2.24) is 0 Å². The van der Waals surface area contributed by atoms with Crippen molar-refractivity contribution in [3.63, 3.8) is 0 Å². The first kappa shape index (κ1) is 8.12. The third-order valence-electron chi connectivity index (χ3n) is 1.97. The van der Waals surface area contributed by atoms with Crippen LogP contribution in [0.4, 0.5) is 5.69 Å². The van der Waals surface area contributed by atoms with Crippen LogP contribution in [0.3, 0.4) is 0 Å². The summed E-state index contributed by atoms with van der Waals surface area (Å²) >= 11 is 0. The van der Waals surface area contributed by atoms with Crippen molar-refractivity contribution in [3.8, 4) is 0 Å². The van der Waals surface area contributed by atoms with E-state index in [4.69, 9.17) is 5.73 Å². The lowest BCUT2D eigenvalue weighted by Crippen LogP contribution is -1.93. The molecule has 0 atom stereocenters. The number of hydrogen-bond donors (Lipinski definition) is 1. The molecule has 0 heterocycles. The van der Waals surface area contributed by atoms with Gasteiger partial charge >= 0.3 is 0 Å². The summed E-state index contributed by atoms with van der Waals surface area (Å²) in [4.78, 5) is 0. The largest absolute Gasteiger partial charge is 0.399 e. The molecule has 0 spiro atoms. The molecular formula is C10H15N. The molecule has 1 rings (SSSR count). The van der Waals surface area contributed by atoms with E-state index in [1.54, 1.807) is 0 Å². The van der Waals surface area contributed by atoms with E-state index >= 15 is 0 Å². The van der Waals surface area contributed by atoms with E-state index in [1.165, 1.54) is 5.56 Å². The normalized spacial score (nSPS) is 10.5. The Morgan fingerprint density at radius 3 is 2.36 bits per heavy atom. The van der Waals surface area contributed by atoms with Gasteiger partial charge in [0.05, 0.1) is 0 Å². The lowest BCUT2D eigenvalue weighted by Gasteiger charge is -2.07. The van der Waals surface area contributed by atoms with Gasteiger partial charge in [0.1, 0.15) is 0 Å². The van der Waals surface area contributed by atoms with Crippen molar-refractivity contribution in [3.05, 3.63) is 29.3 Å². The Kier molecular flexibility index (Phi) is 2.18. The van der Waals surface area contributed by atoms with Gasteiger partial charge in [0.25, 0.3) is 0 Å². The molecule has 0 unspecified atom stereocenters. The molecule has 0 aliphatic rings. The molecule has 1 nitrogen and oxygen atoms in total. The van der Waals surface area contributed by atoms with Crippen LogP contribution in [-0.4, -0.2) is 0 Å². The molecule has 0 aliphatic carbocycles. The van der Waals surface area contributed by atoms with Crippen LogP contribution < -0.4 is 5.73 Å². The topological polar surface area (TPSA) is 26.0 Å². The fourth-order valence-electron chi connectivity index (χ4n) is 1.02. The third kappa shape index (κ3) is 1.73. The predicted octanol–water partition coefficient (Wildman–Crippen LogP) is 2.70. The highest BCUT2D eigenvalue weighted by Crippen LogP contribution is 2.19. The first-order chi connectivity index (χ1) is 5.11. The second kappa shape index (κ2) is 2.95.